The summed E-state index contributed by atoms with van der Waals surface area (Å²) in [6, 6.07) is 0. The summed E-state index contributed by atoms with van der Waals surface area (Å²) in [5.74, 6) is 1.03. The van der Waals surface area contributed by atoms with Gasteiger partial charge in [0.25, 0.3) is 5.56 Å². The minimum absolute atomic E-state index is 0.185. The Hall–Kier alpha value is -1.89. The highest BCUT2D eigenvalue weighted by Gasteiger charge is 2.21. The maximum Gasteiger partial charge on any atom is 0.332 e. The molecule has 0 amide bonds. The molecule has 2 aromatic heterocycles. The van der Waals surface area contributed by atoms with E-state index in [9.17, 15) is 9.59 Å². The van der Waals surface area contributed by atoms with E-state index in [0.29, 0.717) is 43.8 Å². The summed E-state index contributed by atoms with van der Waals surface area (Å²) in [6.45, 7) is 9.87. The summed E-state index contributed by atoms with van der Waals surface area (Å²) < 4.78 is 4.79. The lowest BCUT2D eigenvalue weighted by Crippen LogP contribution is -2.40. The fourth-order valence-corrected chi connectivity index (χ4v) is 2.80. The number of hydrogen-bond acceptors (Lipinski definition) is 4. The van der Waals surface area contributed by atoms with Gasteiger partial charge in [-0.05, 0) is 26.8 Å². The molecule has 2 N–H and O–H groups in total. The van der Waals surface area contributed by atoms with Gasteiger partial charge in [-0.1, -0.05) is 13.8 Å². The fourth-order valence-electron chi connectivity index (χ4n) is 2.80. The predicted octanol–water partition coefficient (Wildman–Crippen LogP) is 0.872. The van der Waals surface area contributed by atoms with E-state index in [1.54, 1.807) is 4.57 Å². The third-order valence-corrected chi connectivity index (χ3v) is 3.88. The van der Waals surface area contributed by atoms with Gasteiger partial charge in [-0.3, -0.25) is 13.9 Å². The summed E-state index contributed by atoms with van der Waals surface area (Å²) in [5, 5.41) is 0. The molecule has 0 aromatic carbocycles. The zero-order chi connectivity index (χ0) is 16.4. The smallest absolute Gasteiger partial charge is 0.330 e. The van der Waals surface area contributed by atoms with Crippen molar-refractivity contribution in [2.24, 2.45) is 5.73 Å². The van der Waals surface area contributed by atoms with Gasteiger partial charge in [0.1, 0.15) is 5.82 Å². The topological polar surface area (TPSA) is 87.8 Å². The van der Waals surface area contributed by atoms with Crippen LogP contribution in [0.5, 0.6) is 0 Å². The van der Waals surface area contributed by atoms with Gasteiger partial charge in [0.2, 0.25) is 0 Å². The van der Waals surface area contributed by atoms with E-state index in [4.69, 9.17) is 5.73 Å². The number of aromatic nitrogens is 4. The van der Waals surface area contributed by atoms with Gasteiger partial charge < -0.3 is 10.3 Å². The monoisotopic (exact) mass is 307 g/mol. The van der Waals surface area contributed by atoms with Gasteiger partial charge in [0.05, 0.1) is 0 Å². The Kier molecular flexibility index (Phi) is 4.85. The molecule has 22 heavy (non-hydrogen) atoms. The first-order chi connectivity index (χ1) is 10.5. The molecule has 0 bridgehead atoms. The van der Waals surface area contributed by atoms with Crippen LogP contribution >= 0.6 is 0 Å². The van der Waals surface area contributed by atoms with E-state index >= 15 is 0 Å². The van der Waals surface area contributed by atoms with Gasteiger partial charge in [-0.15, -0.1) is 0 Å². The van der Waals surface area contributed by atoms with Gasteiger partial charge in [0, 0.05) is 25.6 Å². The van der Waals surface area contributed by atoms with E-state index in [1.807, 2.05) is 32.3 Å². The molecular formula is C15H25N5O2. The maximum absolute atomic E-state index is 12.8. The van der Waals surface area contributed by atoms with Crippen molar-refractivity contribution in [2.75, 3.05) is 6.54 Å². The number of hydrogen-bond donors (Lipinski definition) is 1. The Labute approximate surface area is 129 Å². The minimum atomic E-state index is -0.301. The molecule has 0 aliphatic heterocycles. The Morgan fingerprint density at radius 2 is 1.73 bits per heavy atom. The van der Waals surface area contributed by atoms with Crippen LogP contribution < -0.4 is 17.0 Å². The second-order valence-electron chi connectivity index (χ2n) is 5.67. The van der Waals surface area contributed by atoms with Crippen LogP contribution in [0.2, 0.25) is 0 Å². The molecule has 2 heterocycles. The van der Waals surface area contributed by atoms with Crippen LogP contribution in [-0.2, 0) is 19.6 Å². The van der Waals surface area contributed by atoms with Gasteiger partial charge in [-0.25, -0.2) is 9.78 Å². The number of aryl methyl sites for hydroxylation is 2. The molecule has 0 saturated heterocycles. The Morgan fingerprint density at radius 3 is 2.23 bits per heavy atom. The molecular weight excluding hydrogens is 282 g/mol. The number of fused-ring (bicyclic) bond motifs is 1. The minimum Gasteiger partial charge on any atom is -0.330 e. The normalized spacial score (nSPS) is 11.7. The average molecular weight is 307 g/mol. The summed E-state index contributed by atoms with van der Waals surface area (Å²) in [5.41, 5.74) is 5.96. The van der Waals surface area contributed by atoms with Crippen molar-refractivity contribution in [3.05, 3.63) is 26.7 Å². The lowest BCUT2D eigenvalue weighted by molar-refractivity contribution is 0.559. The van der Waals surface area contributed by atoms with E-state index in [-0.39, 0.29) is 17.2 Å². The third-order valence-electron chi connectivity index (χ3n) is 3.88. The molecule has 2 rings (SSSR count). The summed E-state index contributed by atoms with van der Waals surface area (Å²) >= 11 is 0. The Morgan fingerprint density at radius 1 is 1.09 bits per heavy atom. The van der Waals surface area contributed by atoms with Crippen molar-refractivity contribution in [3.8, 4) is 0 Å². The van der Waals surface area contributed by atoms with Crippen LogP contribution in [0.4, 0.5) is 0 Å². The number of imidazole rings is 1. The molecule has 0 spiro atoms. The van der Waals surface area contributed by atoms with Crippen molar-refractivity contribution in [1.82, 2.24) is 18.7 Å². The van der Waals surface area contributed by atoms with Crippen molar-refractivity contribution >= 4 is 11.2 Å². The van der Waals surface area contributed by atoms with E-state index in [0.717, 1.165) is 5.82 Å². The van der Waals surface area contributed by atoms with Crippen LogP contribution in [-0.4, -0.2) is 25.2 Å². The third kappa shape index (κ3) is 2.49. The van der Waals surface area contributed by atoms with Crippen LogP contribution in [0.1, 0.15) is 45.9 Å². The first kappa shape index (κ1) is 16.5. The highest BCUT2D eigenvalue weighted by Crippen LogP contribution is 2.18. The first-order valence-electron chi connectivity index (χ1n) is 7.91. The van der Waals surface area contributed by atoms with Crippen LogP contribution in [0.25, 0.3) is 11.2 Å². The van der Waals surface area contributed by atoms with Gasteiger partial charge >= 0.3 is 5.69 Å². The van der Waals surface area contributed by atoms with Crippen molar-refractivity contribution in [1.29, 1.82) is 0 Å². The molecule has 0 aliphatic carbocycles. The fraction of sp³-hybridized carbons (Fsp3) is 0.667. The lowest BCUT2D eigenvalue weighted by atomic mass is 10.2. The Balaban J connectivity index is 2.91. The standard InChI is InChI=1S/C15H25N5O2/c1-5-18-11-13(17-12(18)10(3)4)19(6-2)15(22)20(14(11)21)9-7-8-16/h10H,5-9,16H2,1-4H3. The van der Waals surface area contributed by atoms with Crippen molar-refractivity contribution < 1.29 is 0 Å². The summed E-state index contributed by atoms with van der Waals surface area (Å²) in [4.78, 5) is 29.9. The number of nitrogens with two attached hydrogens (primary N) is 1. The highest BCUT2D eigenvalue weighted by molar-refractivity contribution is 5.71. The number of rotatable bonds is 6. The zero-order valence-corrected chi connectivity index (χ0v) is 13.8. The maximum atomic E-state index is 12.8. The SMILES string of the molecule is CCn1c(C(C)C)nc2c1c(=O)n(CCCN)c(=O)n2CC. The molecule has 0 unspecified atom stereocenters. The van der Waals surface area contributed by atoms with Gasteiger partial charge in [0.15, 0.2) is 11.2 Å². The zero-order valence-electron chi connectivity index (χ0n) is 13.8. The van der Waals surface area contributed by atoms with E-state index < -0.39 is 0 Å². The van der Waals surface area contributed by atoms with Crippen LogP contribution in [0, 0.1) is 0 Å². The molecule has 7 heteroatoms. The van der Waals surface area contributed by atoms with E-state index in [2.05, 4.69) is 4.98 Å². The molecule has 0 radical (unpaired) electrons. The second-order valence-corrected chi connectivity index (χ2v) is 5.67. The summed E-state index contributed by atoms with van der Waals surface area (Å²) in [7, 11) is 0. The summed E-state index contributed by atoms with van der Waals surface area (Å²) in [6.07, 6.45) is 0.599. The quantitative estimate of drug-likeness (QED) is 0.858. The van der Waals surface area contributed by atoms with E-state index in [1.165, 1.54) is 4.57 Å². The molecule has 2 aromatic rings. The average Bonchev–Trinajstić information content (AvgIpc) is 2.87. The van der Waals surface area contributed by atoms with Crippen molar-refractivity contribution in [3.63, 3.8) is 0 Å². The molecule has 0 aliphatic rings. The largest absolute Gasteiger partial charge is 0.332 e. The highest BCUT2D eigenvalue weighted by atomic mass is 16.2. The Bertz CT molecular complexity index is 782. The second kappa shape index (κ2) is 6.48. The molecule has 122 valence electrons. The van der Waals surface area contributed by atoms with Crippen LogP contribution in [0.3, 0.4) is 0 Å². The lowest BCUT2D eigenvalue weighted by Gasteiger charge is -2.11. The van der Waals surface area contributed by atoms with Crippen LogP contribution in [0.15, 0.2) is 9.59 Å². The van der Waals surface area contributed by atoms with Gasteiger partial charge in [-0.2, -0.15) is 0 Å². The molecule has 7 nitrogen and oxygen atoms in total. The molecule has 0 atom stereocenters. The number of nitrogens with zero attached hydrogens (tertiary/aromatic N) is 4. The van der Waals surface area contributed by atoms with Crippen molar-refractivity contribution in [2.45, 2.75) is 59.7 Å². The predicted molar refractivity (Wildman–Crippen MR) is 87.4 cm³/mol. The first-order valence-corrected chi connectivity index (χ1v) is 7.91. The molecule has 0 saturated carbocycles. The molecule has 0 fully saturated rings.